The van der Waals surface area contributed by atoms with Crippen LogP contribution in [0.4, 0.5) is 5.13 Å². The summed E-state index contributed by atoms with van der Waals surface area (Å²) in [5.74, 6) is 0.852. The lowest BCUT2D eigenvalue weighted by Crippen LogP contribution is -2.11. The minimum Gasteiger partial charge on any atom is -0.497 e. The summed E-state index contributed by atoms with van der Waals surface area (Å²) in [7, 11) is 3.33. The summed E-state index contributed by atoms with van der Waals surface area (Å²) in [5.41, 5.74) is 0.980. The molecule has 2 aromatic rings. The standard InChI is InChI=1S/C13H18N2O3S/c1-16-7-8-18-6-5-14-13-15-11-4-3-10(17-2)9-12(11)19-13/h3-4,9H,5-8H2,1-2H3,(H,14,15). The number of hydrogen-bond acceptors (Lipinski definition) is 6. The first-order valence-corrected chi connectivity index (χ1v) is 6.90. The Hall–Kier alpha value is -1.37. The van der Waals surface area contributed by atoms with Crippen LogP contribution >= 0.6 is 11.3 Å². The summed E-state index contributed by atoms with van der Waals surface area (Å²) >= 11 is 1.61. The molecule has 1 N–H and O–H groups in total. The molecule has 1 heterocycles. The first-order valence-electron chi connectivity index (χ1n) is 6.08. The molecule has 0 amide bonds. The third-order valence-corrected chi connectivity index (χ3v) is 3.53. The van der Waals surface area contributed by atoms with Crippen LogP contribution < -0.4 is 10.1 Å². The normalized spacial score (nSPS) is 10.8. The maximum atomic E-state index is 5.38. The average Bonchev–Trinajstić information content (AvgIpc) is 2.84. The van der Waals surface area contributed by atoms with Crippen molar-refractivity contribution >= 4 is 26.7 Å². The highest BCUT2D eigenvalue weighted by Gasteiger charge is 2.04. The van der Waals surface area contributed by atoms with Gasteiger partial charge in [0.2, 0.25) is 0 Å². The second-order valence-corrected chi connectivity index (χ2v) is 4.92. The van der Waals surface area contributed by atoms with Gasteiger partial charge in [0.05, 0.1) is 37.1 Å². The minimum atomic E-state index is 0.620. The van der Waals surface area contributed by atoms with Gasteiger partial charge in [0.25, 0.3) is 0 Å². The smallest absolute Gasteiger partial charge is 0.183 e. The van der Waals surface area contributed by atoms with E-state index < -0.39 is 0 Å². The molecule has 0 saturated carbocycles. The SMILES string of the molecule is COCCOCCNc1nc2ccc(OC)cc2s1. The van der Waals surface area contributed by atoms with Crippen LogP contribution in [0, 0.1) is 0 Å². The van der Waals surface area contributed by atoms with Crippen LogP contribution in [0.5, 0.6) is 5.75 Å². The van der Waals surface area contributed by atoms with Crippen molar-refractivity contribution in [2.24, 2.45) is 0 Å². The number of nitrogens with zero attached hydrogens (tertiary/aromatic N) is 1. The van der Waals surface area contributed by atoms with Gasteiger partial charge in [0, 0.05) is 13.7 Å². The molecule has 6 heteroatoms. The van der Waals surface area contributed by atoms with E-state index in [9.17, 15) is 0 Å². The maximum absolute atomic E-state index is 5.38. The predicted molar refractivity (Wildman–Crippen MR) is 77.4 cm³/mol. The van der Waals surface area contributed by atoms with Crippen molar-refractivity contribution in [3.8, 4) is 5.75 Å². The van der Waals surface area contributed by atoms with Crippen LogP contribution in [0.3, 0.4) is 0 Å². The van der Waals surface area contributed by atoms with Gasteiger partial charge in [-0.3, -0.25) is 0 Å². The van der Waals surface area contributed by atoms with E-state index in [-0.39, 0.29) is 0 Å². The Labute approximate surface area is 116 Å². The van der Waals surface area contributed by atoms with Crippen LogP contribution in [0.15, 0.2) is 18.2 Å². The van der Waals surface area contributed by atoms with Crippen LogP contribution in [0.2, 0.25) is 0 Å². The zero-order chi connectivity index (χ0) is 13.5. The van der Waals surface area contributed by atoms with Crippen molar-refractivity contribution < 1.29 is 14.2 Å². The fourth-order valence-electron chi connectivity index (χ4n) is 1.58. The Kier molecular flexibility index (Phi) is 5.38. The zero-order valence-corrected chi connectivity index (χ0v) is 12.0. The molecule has 104 valence electrons. The fourth-order valence-corrected chi connectivity index (χ4v) is 2.50. The number of methoxy groups -OCH3 is 2. The molecule has 0 aliphatic carbocycles. The molecular weight excluding hydrogens is 264 g/mol. The van der Waals surface area contributed by atoms with Crippen molar-refractivity contribution in [2.45, 2.75) is 0 Å². The van der Waals surface area contributed by atoms with E-state index in [2.05, 4.69) is 10.3 Å². The van der Waals surface area contributed by atoms with Gasteiger partial charge in [-0.05, 0) is 18.2 Å². The zero-order valence-electron chi connectivity index (χ0n) is 11.1. The van der Waals surface area contributed by atoms with E-state index in [0.29, 0.717) is 19.8 Å². The lowest BCUT2D eigenvalue weighted by molar-refractivity contribution is 0.0759. The van der Waals surface area contributed by atoms with E-state index in [4.69, 9.17) is 14.2 Å². The second kappa shape index (κ2) is 7.28. The number of fused-ring (bicyclic) bond motifs is 1. The highest BCUT2D eigenvalue weighted by Crippen LogP contribution is 2.28. The quantitative estimate of drug-likeness (QED) is 0.753. The second-order valence-electron chi connectivity index (χ2n) is 3.88. The van der Waals surface area contributed by atoms with E-state index in [1.54, 1.807) is 25.6 Å². The van der Waals surface area contributed by atoms with Crippen molar-refractivity contribution in [1.82, 2.24) is 4.98 Å². The first-order chi connectivity index (χ1) is 9.33. The van der Waals surface area contributed by atoms with Crippen LogP contribution in [0.1, 0.15) is 0 Å². The number of benzene rings is 1. The number of rotatable bonds is 8. The molecule has 0 aliphatic heterocycles. The molecule has 0 fully saturated rings. The van der Waals surface area contributed by atoms with Gasteiger partial charge in [0.15, 0.2) is 5.13 Å². The molecule has 0 aliphatic rings. The number of thiazole rings is 1. The Morgan fingerprint density at radius 3 is 2.89 bits per heavy atom. The molecule has 5 nitrogen and oxygen atoms in total. The monoisotopic (exact) mass is 282 g/mol. The molecule has 0 spiro atoms. The number of aromatic nitrogens is 1. The molecule has 2 rings (SSSR count). The summed E-state index contributed by atoms with van der Waals surface area (Å²) in [6.07, 6.45) is 0. The first kappa shape index (κ1) is 14.0. The number of hydrogen-bond donors (Lipinski definition) is 1. The Morgan fingerprint density at radius 2 is 2.11 bits per heavy atom. The van der Waals surface area contributed by atoms with Crippen molar-refractivity contribution in [2.75, 3.05) is 45.9 Å². The van der Waals surface area contributed by atoms with Gasteiger partial charge < -0.3 is 19.5 Å². The Balaban J connectivity index is 1.84. The summed E-state index contributed by atoms with van der Waals surface area (Å²) in [4.78, 5) is 4.49. The molecule has 0 bridgehead atoms. The molecule has 19 heavy (non-hydrogen) atoms. The van der Waals surface area contributed by atoms with Gasteiger partial charge >= 0.3 is 0 Å². The van der Waals surface area contributed by atoms with Crippen molar-refractivity contribution in [1.29, 1.82) is 0 Å². The highest BCUT2D eigenvalue weighted by molar-refractivity contribution is 7.22. The number of nitrogens with one attached hydrogen (secondary N) is 1. The summed E-state index contributed by atoms with van der Waals surface area (Å²) in [6, 6.07) is 5.87. The topological polar surface area (TPSA) is 52.6 Å². The molecule has 1 aromatic carbocycles. The van der Waals surface area contributed by atoms with E-state index in [1.807, 2.05) is 18.2 Å². The third kappa shape index (κ3) is 4.05. The Bertz CT molecular complexity index is 516. The largest absolute Gasteiger partial charge is 0.497 e. The molecule has 1 aromatic heterocycles. The molecule has 0 atom stereocenters. The predicted octanol–water partition coefficient (Wildman–Crippen LogP) is 2.38. The molecule has 0 radical (unpaired) electrons. The van der Waals surface area contributed by atoms with Gasteiger partial charge in [-0.15, -0.1) is 0 Å². The van der Waals surface area contributed by atoms with Crippen LogP contribution in [0.25, 0.3) is 10.2 Å². The lowest BCUT2D eigenvalue weighted by Gasteiger charge is -2.03. The maximum Gasteiger partial charge on any atom is 0.183 e. The summed E-state index contributed by atoms with van der Waals surface area (Å²) in [5, 5.41) is 4.15. The van der Waals surface area contributed by atoms with Gasteiger partial charge in [-0.25, -0.2) is 4.98 Å². The Morgan fingerprint density at radius 1 is 1.21 bits per heavy atom. The van der Waals surface area contributed by atoms with Gasteiger partial charge in [0.1, 0.15) is 5.75 Å². The third-order valence-electron chi connectivity index (χ3n) is 2.55. The summed E-state index contributed by atoms with van der Waals surface area (Å²) < 4.78 is 16.6. The molecule has 0 saturated heterocycles. The van der Waals surface area contributed by atoms with E-state index >= 15 is 0 Å². The number of ether oxygens (including phenoxy) is 3. The van der Waals surface area contributed by atoms with Crippen LogP contribution in [-0.2, 0) is 9.47 Å². The van der Waals surface area contributed by atoms with Crippen LogP contribution in [-0.4, -0.2) is 45.6 Å². The summed E-state index contributed by atoms with van der Waals surface area (Å²) in [6.45, 7) is 2.62. The van der Waals surface area contributed by atoms with Crippen molar-refractivity contribution in [3.05, 3.63) is 18.2 Å². The lowest BCUT2D eigenvalue weighted by atomic mass is 10.3. The average molecular weight is 282 g/mol. The van der Waals surface area contributed by atoms with E-state index in [0.717, 1.165) is 27.6 Å². The minimum absolute atomic E-state index is 0.620. The molecular formula is C13H18N2O3S. The van der Waals surface area contributed by atoms with E-state index in [1.165, 1.54) is 0 Å². The highest BCUT2D eigenvalue weighted by atomic mass is 32.1. The fraction of sp³-hybridized carbons (Fsp3) is 0.462. The number of anilines is 1. The van der Waals surface area contributed by atoms with Crippen molar-refractivity contribution in [3.63, 3.8) is 0 Å². The molecule has 0 unspecified atom stereocenters. The van der Waals surface area contributed by atoms with Gasteiger partial charge in [-0.1, -0.05) is 11.3 Å². The van der Waals surface area contributed by atoms with Gasteiger partial charge in [-0.2, -0.15) is 0 Å².